The van der Waals surface area contributed by atoms with Gasteiger partial charge in [0.05, 0.1) is 24.3 Å². The molecule has 1 atom stereocenters. The lowest BCUT2D eigenvalue weighted by atomic mass is 9.94. The van der Waals surface area contributed by atoms with Crippen molar-refractivity contribution in [3.05, 3.63) is 112 Å². The molecule has 186 valence electrons. The number of hydrogen-bond acceptors (Lipinski definition) is 5. The number of ether oxygens (including phenoxy) is 1. The van der Waals surface area contributed by atoms with Crippen LogP contribution >= 0.6 is 11.6 Å². The predicted molar refractivity (Wildman–Crippen MR) is 140 cm³/mol. The Morgan fingerprint density at radius 2 is 1.78 bits per heavy atom. The van der Waals surface area contributed by atoms with Crippen molar-refractivity contribution in [2.75, 3.05) is 13.7 Å². The Morgan fingerprint density at radius 1 is 1.03 bits per heavy atom. The number of hydrogen-bond donors (Lipinski definition) is 2. The largest absolute Gasteiger partial charge is 0.507 e. The van der Waals surface area contributed by atoms with Crippen molar-refractivity contribution in [3.63, 3.8) is 0 Å². The lowest BCUT2D eigenvalue weighted by Gasteiger charge is -2.25. The van der Waals surface area contributed by atoms with E-state index in [1.54, 1.807) is 42.5 Å². The molecule has 1 aliphatic heterocycles. The molecular formula is C29H23ClN2O5. The first-order chi connectivity index (χ1) is 17.9. The first-order valence-corrected chi connectivity index (χ1v) is 12.0. The number of aliphatic hydroxyl groups excluding tert-OH is 1. The smallest absolute Gasteiger partial charge is 0.337 e. The summed E-state index contributed by atoms with van der Waals surface area (Å²) < 4.78 is 4.78. The molecule has 2 heterocycles. The van der Waals surface area contributed by atoms with Gasteiger partial charge >= 0.3 is 5.97 Å². The summed E-state index contributed by atoms with van der Waals surface area (Å²) in [7, 11) is 1.29. The highest BCUT2D eigenvalue weighted by molar-refractivity contribution is 6.46. The summed E-state index contributed by atoms with van der Waals surface area (Å²) in [6, 6.07) is 19.9. The number of carbonyl (C=O) groups excluding carboxylic acids is 3. The van der Waals surface area contributed by atoms with Crippen LogP contribution in [0.15, 0.2) is 84.6 Å². The second kappa shape index (κ2) is 9.95. The number of carbonyl (C=O) groups is 3. The van der Waals surface area contributed by atoms with Crippen LogP contribution in [0, 0.1) is 0 Å². The van der Waals surface area contributed by atoms with Gasteiger partial charge in [-0.05, 0) is 47.9 Å². The van der Waals surface area contributed by atoms with Crippen LogP contribution in [-0.2, 0) is 20.7 Å². The maximum absolute atomic E-state index is 13.3. The summed E-state index contributed by atoms with van der Waals surface area (Å²) in [6.07, 6.45) is 2.39. The number of rotatable bonds is 6. The summed E-state index contributed by atoms with van der Waals surface area (Å²) >= 11 is 6.12. The van der Waals surface area contributed by atoms with Gasteiger partial charge in [-0.25, -0.2) is 4.79 Å². The number of amides is 1. The van der Waals surface area contributed by atoms with Crippen molar-refractivity contribution in [2.24, 2.45) is 0 Å². The van der Waals surface area contributed by atoms with Gasteiger partial charge in [0.2, 0.25) is 0 Å². The maximum atomic E-state index is 13.3. The van der Waals surface area contributed by atoms with Crippen molar-refractivity contribution >= 4 is 45.9 Å². The number of para-hydroxylation sites is 1. The summed E-state index contributed by atoms with van der Waals surface area (Å²) in [5.41, 5.74) is 3.20. The number of halogens is 1. The molecule has 2 N–H and O–H groups in total. The number of aromatic nitrogens is 1. The van der Waals surface area contributed by atoms with Crippen LogP contribution in [-0.4, -0.2) is 46.3 Å². The molecule has 1 saturated heterocycles. The molecule has 3 aromatic carbocycles. The van der Waals surface area contributed by atoms with Crippen LogP contribution < -0.4 is 0 Å². The van der Waals surface area contributed by atoms with Gasteiger partial charge in [0.15, 0.2) is 0 Å². The molecule has 0 radical (unpaired) electrons. The number of benzene rings is 3. The highest BCUT2D eigenvalue weighted by Crippen LogP contribution is 2.40. The van der Waals surface area contributed by atoms with Gasteiger partial charge in [0, 0.05) is 34.2 Å². The zero-order valence-electron chi connectivity index (χ0n) is 19.9. The van der Waals surface area contributed by atoms with E-state index >= 15 is 0 Å². The summed E-state index contributed by atoms with van der Waals surface area (Å²) in [4.78, 5) is 43.2. The number of nitrogens with zero attached hydrogens (tertiary/aromatic N) is 1. The van der Waals surface area contributed by atoms with E-state index in [4.69, 9.17) is 16.3 Å². The molecule has 1 aliphatic rings. The fourth-order valence-corrected chi connectivity index (χ4v) is 4.94. The van der Waals surface area contributed by atoms with E-state index in [1.807, 2.05) is 30.5 Å². The number of aromatic amines is 1. The number of esters is 1. The third-order valence-electron chi connectivity index (χ3n) is 6.58. The van der Waals surface area contributed by atoms with E-state index in [1.165, 1.54) is 18.1 Å². The molecule has 1 amide bonds. The summed E-state index contributed by atoms with van der Waals surface area (Å²) in [6.45, 7) is 0.238. The molecule has 1 aromatic heterocycles. The molecule has 0 saturated carbocycles. The highest BCUT2D eigenvalue weighted by Gasteiger charge is 2.46. The number of methoxy groups -OCH3 is 1. The van der Waals surface area contributed by atoms with Gasteiger partial charge < -0.3 is 19.7 Å². The second-order valence-corrected chi connectivity index (χ2v) is 9.16. The molecule has 1 unspecified atom stereocenters. The van der Waals surface area contributed by atoms with Gasteiger partial charge in [-0.1, -0.05) is 54.1 Å². The summed E-state index contributed by atoms with van der Waals surface area (Å²) in [5, 5.41) is 12.6. The third kappa shape index (κ3) is 4.49. The molecule has 0 aliphatic carbocycles. The fraction of sp³-hybridized carbons (Fsp3) is 0.138. The first-order valence-electron chi connectivity index (χ1n) is 11.7. The Bertz CT molecular complexity index is 1550. The molecule has 4 aromatic rings. The van der Waals surface area contributed by atoms with E-state index in [0.29, 0.717) is 28.1 Å². The number of Topliss-reactive ketones (excluding diaryl/α,β-unsaturated/α-hetero) is 1. The quantitative estimate of drug-likeness (QED) is 0.158. The minimum Gasteiger partial charge on any atom is -0.507 e. The fourth-order valence-electron chi connectivity index (χ4n) is 4.75. The lowest BCUT2D eigenvalue weighted by molar-refractivity contribution is -0.139. The molecule has 7 nitrogen and oxygen atoms in total. The maximum Gasteiger partial charge on any atom is 0.337 e. The second-order valence-electron chi connectivity index (χ2n) is 8.73. The minimum atomic E-state index is -0.851. The topological polar surface area (TPSA) is 99.7 Å². The Labute approximate surface area is 217 Å². The highest BCUT2D eigenvalue weighted by atomic mass is 35.5. The van der Waals surface area contributed by atoms with Gasteiger partial charge in [-0.15, -0.1) is 0 Å². The van der Waals surface area contributed by atoms with E-state index < -0.39 is 23.7 Å². The van der Waals surface area contributed by atoms with Crippen molar-refractivity contribution in [1.82, 2.24) is 9.88 Å². The third-order valence-corrected chi connectivity index (χ3v) is 6.82. The molecule has 1 fully saturated rings. The lowest BCUT2D eigenvalue weighted by Crippen LogP contribution is -2.31. The standard InChI is InChI=1S/C29H23ClN2O5/c1-37-29(36)18-11-9-17(10-12-18)25-24(26(33)19-5-4-6-21(30)15-19)27(34)28(35)32(25)14-13-20-16-31-23-8-3-2-7-22(20)23/h2-12,15-16,25,31,33H,13-14H2,1H3/b26-24+. The molecule has 8 heteroatoms. The van der Waals surface area contributed by atoms with E-state index in [9.17, 15) is 19.5 Å². The van der Waals surface area contributed by atoms with Crippen LogP contribution in [0.4, 0.5) is 0 Å². The predicted octanol–water partition coefficient (Wildman–Crippen LogP) is 5.27. The van der Waals surface area contributed by atoms with Crippen molar-refractivity contribution in [2.45, 2.75) is 12.5 Å². The number of nitrogens with one attached hydrogen (secondary N) is 1. The zero-order valence-corrected chi connectivity index (χ0v) is 20.7. The summed E-state index contributed by atoms with van der Waals surface area (Å²) in [5.74, 6) is -2.29. The van der Waals surface area contributed by atoms with Crippen LogP contribution in [0.3, 0.4) is 0 Å². The Morgan fingerprint density at radius 3 is 2.51 bits per heavy atom. The normalized spacial score (nSPS) is 16.9. The van der Waals surface area contributed by atoms with Gasteiger partial charge in [-0.2, -0.15) is 0 Å². The number of H-pyrrole nitrogens is 1. The van der Waals surface area contributed by atoms with Crippen LogP contribution in [0.25, 0.3) is 16.7 Å². The average Bonchev–Trinajstić information content (AvgIpc) is 3.44. The Kier molecular flexibility index (Phi) is 6.54. The van der Waals surface area contributed by atoms with Crippen molar-refractivity contribution in [3.8, 4) is 0 Å². The number of fused-ring (bicyclic) bond motifs is 1. The van der Waals surface area contributed by atoms with Crippen molar-refractivity contribution < 1.29 is 24.2 Å². The molecule has 37 heavy (non-hydrogen) atoms. The van der Waals surface area contributed by atoms with Crippen LogP contribution in [0.2, 0.25) is 5.02 Å². The van der Waals surface area contributed by atoms with E-state index in [-0.39, 0.29) is 17.9 Å². The van der Waals surface area contributed by atoms with Gasteiger partial charge in [0.25, 0.3) is 11.7 Å². The van der Waals surface area contributed by atoms with Gasteiger partial charge in [-0.3, -0.25) is 9.59 Å². The monoisotopic (exact) mass is 514 g/mol. The molecular weight excluding hydrogens is 492 g/mol. The Hall–Kier alpha value is -4.36. The average molecular weight is 515 g/mol. The van der Waals surface area contributed by atoms with Crippen LogP contribution in [0.5, 0.6) is 0 Å². The van der Waals surface area contributed by atoms with Gasteiger partial charge in [0.1, 0.15) is 5.76 Å². The van der Waals surface area contributed by atoms with E-state index in [0.717, 1.165) is 16.5 Å². The van der Waals surface area contributed by atoms with E-state index in [2.05, 4.69) is 4.98 Å². The minimum absolute atomic E-state index is 0.0305. The first kappa shape index (κ1) is 24.3. The number of aliphatic hydroxyl groups is 1. The number of likely N-dealkylation sites (tertiary alicyclic amines) is 1. The van der Waals surface area contributed by atoms with Crippen LogP contribution in [0.1, 0.15) is 33.1 Å². The SMILES string of the molecule is COC(=O)c1ccc(C2/C(=C(\O)c3cccc(Cl)c3)C(=O)C(=O)N2CCc2c[nH]c3ccccc23)cc1. The Balaban J connectivity index is 1.57. The molecule has 0 bridgehead atoms. The molecule has 0 spiro atoms. The molecule has 5 rings (SSSR count). The zero-order chi connectivity index (χ0) is 26.1. The van der Waals surface area contributed by atoms with Crippen molar-refractivity contribution in [1.29, 1.82) is 0 Å². The number of ketones is 1.